The summed E-state index contributed by atoms with van der Waals surface area (Å²) in [6.45, 7) is 1.71. The maximum Gasteiger partial charge on any atom is 0.402 e. The minimum absolute atomic E-state index is 0.854. The van der Waals surface area contributed by atoms with Crippen molar-refractivity contribution in [1.82, 2.24) is 0 Å². The summed E-state index contributed by atoms with van der Waals surface area (Å²) in [5, 5.41) is 7.19. The van der Waals surface area contributed by atoms with Gasteiger partial charge in [-0.05, 0) is 25.9 Å². The van der Waals surface area contributed by atoms with E-state index in [-0.39, 0.29) is 0 Å². The normalized spacial score (nSPS) is 9.38. The SMILES string of the molecule is NC(=O)O.NCCCCCCCCCCN. The summed E-state index contributed by atoms with van der Waals surface area (Å²) in [7, 11) is 0. The van der Waals surface area contributed by atoms with Crippen LogP contribution in [0.2, 0.25) is 0 Å². The summed E-state index contributed by atoms with van der Waals surface area (Å²) in [5.41, 5.74) is 14.8. The maximum absolute atomic E-state index is 8.78. The summed E-state index contributed by atoms with van der Waals surface area (Å²) in [6.07, 6.45) is 9.17. The molecular weight excluding hydrogens is 206 g/mol. The van der Waals surface area contributed by atoms with Crippen molar-refractivity contribution in [2.45, 2.75) is 51.4 Å². The van der Waals surface area contributed by atoms with Crippen LogP contribution in [0.25, 0.3) is 0 Å². The van der Waals surface area contributed by atoms with E-state index in [1.165, 1.54) is 51.4 Å². The highest BCUT2D eigenvalue weighted by molar-refractivity contribution is 5.61. The van der Waals surface area contributed by atoms with Gasteiger partial charge in [-0.25, -0.2) is 4.79 Å². The summed E-state index contributed by atoms with van der Waals surface area (Å²) >= 11 is 0. The molecule has 0 rings (SSSR count). The van der Waals surface area contributed by atoms with E-state index in [0.29, 0.717) is 0 Å². The molecule has 0 aromatic heterocycles. The van der Waals surface area contributed by atoms with E-state index in [1.807, 2.05) is 0 Å². The van der Waals surface area contributed by atoms with Crippen LogP contribution in [0, 0.1) is 0 Å². The Morgan fingerprint density at radius 3 is 1.12 bits per heavy atom. The van der Waals surface area contributed by atoms with Crippen LogP contribution in [0.4, 0.5) is 4.79 Å². The van der Waals surface area contributed by atoms with Crippen LogP contribution < -0.4 is 17.2 Å². The first-order valence-corrected chi connectivity index (χ1v) is 6.03. The molecule has 0 aliphatic rings. The fourth-order valence-corrected chi connectivity index (χ4v) is 1.35. The molecule has 0 aliphatic heterocycles. The van der Waals surface area contributed by atoms with Crippen molar-refractivity contribution in [1.29, 1.82) is 0 Å². The molecule has 0 heterocycles. The molecule has 0 saturated carbocycles. The second-order valence-corrected chi connectivity index (χ2v) is 3.74. The molecule has 0 spiro atoms. The second kappa shape index (κ2) is 16.6. The zero-order valence-electron chi connectivity index (χ0n) is 10.2. The number of hydrogen-bond acceptors (Lipinski definition) is 3. The lowest BCUT2D eigenvalue weighted by atomic mass is 10.1. The second-order valence-electron chi connectivity index (χ2n) is 3.74. The van der Waals surface area contributed by atoms with Gasteiger partial charge in [-0.3, -0.25) is 0 Å². The molecule has 0 aliphatic carbocycles. The van der Waals surface area contributed by atoms with Gasteiger partial charge in [0, 0.05) is 0 Å². The van der Waals surface area contributed by atoms with E-state index in [9.17, 15) is 0 Å². The quantitative estimate of drug-likeness (QED) is 0.453. The highest BCUT2D eigenvalue weighted by atomic mass is 16.4. The number of amides is 1. The molecule has 16 heavy (non-hydrogen) atoms. The van der Waals surface area contributed by atoms with Crippen molar-refractivity contribution < 1.29 is 9.90 Å². The minimum atomic E-state index is -1.33. The van der Waals surface area contributed by atoms with Gasteiger partial charge in [0.1, 0.15) is 0 Å². The zero-order chi connectivity index (χ0) is 12.6. The molecular formula is C11H27N3O2. The Bertz CT molecular complexity index is 129. The molecule has 7 N–H and O–H groups in total. The Balaban J connectivity index is 0. The average Bonchev–Trinajstić information content (AvgIpc) is 2.21. The van der Waals surface area contributed by atoms with Gasteiger partial charge in [-0.2, -0.15) is 0 Å². The van der Waals surface area contributed by atoms with Crippen LogP contribution in [-0.2, 0) is 0 Å². The van der Waals surface area contributed by atoms with Gasteiger partial charge in [0.05, 0.1) is 0 Å². The van der Waals surface area contributed by atoms with Crippen molar-refractivity contribution in [3.63, 3.8) is 0 Å². The van der Waals surface area contributed by atoms with E-state index in [0.717, 1.165) is 13.1 Å². The first-order valence-electron chi connectivity index (χ1n) is 6.03. The first-order chi connectivity index (χ1) is 7.65. The third kappa shape index (κ3) is 29.2. The molecule has 0 aromatic carbocycles. The third-order valence-corrected chi connectivity index (χ3v) is 2.16. The molecule has 0 bridgehead atoms. The molecule has 0 unspecified atom stereocenters. The number of unbranched alkanes of at least 4 members (excludes halogenated alkanes) is 7. The number of hydrogen-bond donors (Lipinski definition) is 4. The summed E-state index contributed by atoms with van der Waals surface area (Å²) < 4.78 is 0. The molecule has 5 heteroatoms. The monoisotopic (exact) mass is 233 g/mol. The molecule has 0 atom stereocenters. The fourth-order valence-electron chi connectivity index (χ4n) is 1.35. The van der Waals surface area contributed by atoms with Gasteiger partial charge >= 0.3 is 6.09 Å². The lowest BCUT2D eigenvalue weighted by Crippen LogP contribution is -2.03. The minimum Gasteiger partial charge on any atom is -0.465 e. The molecule has 0 saturated heterocycles. The highest BCUT2D eigenvalue weighted by Crippen LogP contribution is 2.07. The Labute approximate surface area is 98.4 Å². The van der Waals surface area contributed by atoms with Gasteiger partial charge < -0.3 is 22.3 Å². The summed E-state index contributed by atoms with van der Waals surface area (Å²) in [6, 6.07) is 0. The fraction of sp³-hybridized carbons (Fsp3) is 0.909. The van der Waals surface area contributed by atoms with Crippen molar-refractivity contribution in [2.24, 2.45) is 17.2 Å². The predicted molar refractivity (Wildman–Crippen MR) is 67.3 cm³/mol. The highest BCUT2D eigenvalue weighted by Gasteiger charge is 1.90. The van der Waals surface area contributed by atoms with Crippen LogP contribution in [-0.4, -0.2) is 24.3 Å². The number of primary amides is 1. The van der Waals surface area contributed by atoms with Gasteiger partial charge in [-0.15, -0.1) is 0 Å². The molecule has 1 amide bonds. The van der Waals surface area contributed by atoms with Crippen LogP contribution in [0.15, 0.2) is 0 Å². The standard InChI is InChI=1S/C10H24N2.CH3NO2/c11-9-7-5-3-1-2-4-6-8-10-12;2-1(3)4/h1-12H2;2H2,(H,3,4). The maximum atomic E-state index is 8.78. The van der Waals surface area contributed by atoms with Crippen molar-refractivity contribution in [3.8, 4) is 0 Å². The molecule has 0 aromatic rings. The van der Waals surface area contributed by atoms with E-state index in [1.54, 1.807) is 0 Å². The van der Waals surface area contributed by atoms with Crippen molar-refractivity contribution in [2.75, 3.05) is 13.1 Å². The van der Waals surface area contributed by atoms with Gasteiger partial charge in [0.2, 0.25) is 0 Å². The number of rotatable bonds is 9. The van der Waals surface area contributed by atoms with Gasteiger partial charge in [0.25, 0.3) is 0 Å². The van der Waals surface area contributed by atoms with Crippen molar-refractivity contribution in [3.05, 3.63) is 0 Å². The third-order valence-electron chi connectivity index (χ3n) is 2.16. The van der Waals surface area contributed by atoms with Crippen molar-refractivity contribution >= 4 is 6.09 Å². The Morgan fingerprint density at radius 2 is 0.938 bits per heavy atom. The van der Waals surface area contributed by atoms with Gasteiger partial charge in [-0.1, -0.05) is 38.5 Å². The molecule has 0 fully saturated rings. The van der Waals surface area contributed by atoms with E-state index >= 15 is 0 Å². The van der Waals surface area contributed by atoms with Gasteiger partial charge in [0.15, 0.2) is 0 Å². The average molecular weight is 233 g/mol. The van der Waals surface area contributed by atoms with Crippen LogP contribution in [0.1, 0.15) is 51.4 Å². The van der Waals surface area contributed by atoms with Crippen LogP contribution in [0.3, 0.4) is 0 Å². The summed E-state index contributed by atoms with van der Waals surface area (Å²) in [4.78, 5) is 8.78. The first kappa shape index (κ1) is 17.6. The number of carbonyl (C=O) groups is 1. The zero-order valence-corrected chi connectivity index (χ0v) is 10.2. The van der Waals surface area contributed by atoms with E-state index < -0.39 is 6.09 Å². The molecule has 5 nitrogen and oxygen atoms in total. The van der Waals surface area contributed by atoms with Crippen LogP contribution >= 0.6 is 0 Å². The smallest absolute Gasteiger partial charge is 0.402 e. The number of nitrogens with two attached hydrogens (primary N) is 3. The predicted octanol–water partition coefficient (Wildman–Crippen LogP) is 1.65. The Hall–Kier alpha value is -0.810. The Morgan fingerprint density at radius 1 is 0.750 bits per heavy atom. The lowest BCUT2D eigenvalue weighted by Gasteiger charge is -2.00. The van der Waals surface area contributed by atoms with E-state index in [4.69, 9.17) is 21.4 Å². The lowest BCUT2D eigenvalue weighted by molar-refractivity contribution is 0.205. The summed E-state index contributed by atoms with van der Waals surface area (Å²) in [5.74, 6) is 0. The largest absolute Gasteiger partial charge is 0.465 e. The molecule has 0 radical (unpaired) electrons. The topological polar surface area (TPSA) is 115 Å². The van der Waals surface area contributed by atoms with Crippen LogP contribution in [0.5, 0.6) is 0 Å². The number of carboxylic acid groups (broad SMARTS) is 1. The molecule has 98 valence electrons. The van der Waals surface area contributed by atoms with E-state index in [2.05, 4.69) is 5.73 Å². The Kier molecular flexibility index (Phi) is 18.3.